The van der Waals surface area contributed by atoms with Crippen LogP contribution in [0.25, 0.3) is 0 Å². The number of hydrogen-bond donors (Lipinski definition) is 2. The van der Waals surface area contributed by atoms with E-state index in [0.717, 1.165) is 11.3 Å². The zero-order valence-corrected chi connectivity index (χ0v) is 15.5. The fourth-order valence-corrected chi connectivity index (χ4v) is 2.64. The van der Waals surface area contributed by atoms with Gasteiger partial charge in [-0.15, -0.1) is 0 Å². The first-order valence-electron chi connectivity index (χ1n) is 8.59. The second-order valence-electron chi connectivity index (χ2n) is 7.15. The summed E-state index contributed by atoms with van der Waals surface area (Å²) < 4.78 is 13.0. The van der Waals surface area contributed by atoms with E-state index in [1.807, 2.05) is 24.3 Å². The van der Waals surface area contributed by atoms with Gasteiger partial charge in [0.15, 0.2) is 0 Å². The first kappa shape index (κ1) is 18.5. The maximum Gasteiger partial charge on any atom is 0.274 e. The van der Waals surface area contributed by atoms with Gasteiger partial charge in [-0.05, 0) is 47.4 Å². The number of amides is 1. The number of benzene rings is 2. The molecule has 3 rings (SSSR count). The summed E-state index contributed by atoms with van der Waals surface area (Å²) in [6, 6.07) is 15.1. The second kappa shape index (κ2) is 7.53. The monoisotopic (exact) mass is 364 g/mol. The molecule has 0 radical (unpaired) electrons. The highest BCUT2D eigenvalue weighted by molar-refractivity contribution is 6.03. The van der Waals surface area contributed by atoms with Gasteiger partial charge in [-0.1, -0.05) is 39.0 Å². The number of rotatable bonds is 4. The van der Waals surface area contributed by atoms with Crippen molar-refractivity contribution in [1.82, 2.24) is 9.97 Å². The molecule has 1 amide bonds. The number of nitrogens with one attached hydrogen (secondary N) is 2. The minimum atomic E-state index is -0.327. The van der Waals surface area contributed by atoms with Gasteiger partial charge in [0.25, 0.3) is 5.91 Å². The minimum Gasteiger partial charge on any atom is -0.324 e. The Hall–Kier alpha value is -3.28. The van der Waals surface area contributed by atoms with E-state index >= 15 is 0 Å². The first-order valence-corrected chi connectivity index (χ1v) is 8.59. The molecule has 0 fully saturated rings. The number of carbonyl (C=O) groups is 1. The van der Waals surface area contributed by atoms with E-state index in [9.17, 15) is 9.18 Å². The van der Waals surface area contributed by atoms with Crippen molar-refractivity contribution in [3.63, 3.8) is 0 Å². The molecule has 0 aliphatic rings. The lowest BCUT2D eigenvalue weighted by Crippen LogP contribution is -2.19. The van der Waals surface area contributed by atoms with Crippen LogP contribution in [-0.4, -0.2) is 15.9 Å². The third-order valence-electron chi connectivity index (χ3n) is 3.97. The number of nitrogens with zero attached hydrogens (tertiary/aromatic N) is 2. The van der Waals surface area contributed by atoms with Gasteiger partial charge in [-0.3, -0.25) is 4.79 Å². The second-order valence-corrected chi connectivity index (χ2v) is 7.15. The van der Waals surface area contributed by atoms with Crippen molar-refractivity contribution in [2.45, 2.75) is 26.2 Å². The Morgan fingerprint density at radius 1 is 1.00 bits per heavy atom. The van der Waals surface area contributed by atoms with Gasteiger partial charge in [-0.2, -0.15) is 0 Å². The van der Waals surface area contributed by atoms with Gasteiger partial charge in [-0.25, -0.2) is 14.4 Å². The van der Waals surface area contributed by atoms with Crippen LogP contribution in [0, 0.1) is 5.82 Å². The van der Waals surface area contributed by atoms with Crippen molar-refractivity contribution in [1.29, 1.82) is 0 Å². The number of para-hydroxylation sites is 1. The Morgan fingerprint density at radius 3 is 2.41 bits per heavy atom. The maximum atomic E-state index is 13.0. The van der Waals surface area contributed by atoms with E-state index in [1.54, 1.807) is 18.2 Å². The van der Waals surface area contributed by atoms with Gasteiger partial charge in [0.2, 0.25) is 5.95 Å². The number of aromatic nitrogens is 2. The van der Waals surface area contributed by atoms with Crippen LogP contribution in [0.2, 0.25) is 0 Å². The van der Waals surface area contributed by atoms with Crippen LogP contribution in [0.5, 0.6) is 0 Å². The largest absolute Gasteiger partial charge is 0.324 e. The maximum absolute atomic E-state index is 13.0. The van der Waals surface area contributed by atoms with Crippen molar-refractivity contribution >= 4 is 23.2 Å². The molecule has 0 atom stereocenters. The Bertz CT molecular complexity index is 949. The van der Waals surface area contributed by atoms with E-state index in [1.165, 1.54) is 18.3 Å². The smallest absolute Gasteiger partial charge is 0.274 e. The Balaban J connectivity index is 1.79. The fourth-order valence-electron chi connectivity index (χ4n) is 2.64. The third-order valence-corrected chi connectivity index (χ3v) is 3.97. The van der Waals surface area contributed by atoms with Crippen LogP contribution < -0.4 is 10.6 Å². The summed E-state index contributed by atoms with van der Waals surface area (Å²) in [7, 11) is 0. The molecule has 0 saturated heterocycles. The van der Waals surface area contributed by atoms with Gasteiger partial charge in [0.1, 0.15) is 11.5 Å². The van der Waals surface area contributed by atoms with Crippen LogP contribution in [-0.2, 0) is 5.41 Å². The molecule has 0 aliphatic heterocycles. The minimum absolute atomic E-state index is 0.106. The van der Waals surface area contributed by atoms with Crippen molar-refractivity contribution in [2.24, 2.45) is 0 Å². The summed E-state index contributed by atoms with van der Waals surface area (Å²) in [6.45, 7) is 6.27. The molecule has 0 bridgehead atoms. The van der Waals surface area contributed by atoms with Gasteiger partial charge in [0, 0.05) is 17.6 Å². The fraction of sp³-hybridized carbons (Fsp3) is 0.190. The Morgan fingerprint density at radius 2 is 1.70 bits per heavy atom. The number of anilines is 3. The highest BCUT2D eigenvalue weighted by Crippen LogP contribution is 2.29. The molecule has 138 valence electrons. The average molecular weight is 364 g/mol. The molecule has 0 aliphatic carbocycles. The lowest BCUT2D eigenvalue weighted by atomic mass is 9.86. The number of halogens is 1. The summed E-state index contributed by atoms with van der Waals surface area (Å²) in [5.74, 6) is -0.387. The average Bonchev–Trinajstić information content (AvgIpc) is 2.63. The van der Waals surface area contributed by atoms with Crippen LogP contribution in [0.1, 0.15) is 36.8 Å². The molecule has 5 nitrogen and oxygen atoms in total. The molecule has 0 spiro atoms. The van der Waals surface area contributed by atoms with Crippen molar-refractivity contribution in [3.8, 4) is 0 Å². The van der Waals surface area contributed by atoms with E-state index in [4.69, 9.17) is 0 Å². The molecular weight excluding hydrogens is 343 g/mol. The third kappa shape index (κ3) is 4.67. The number of carbonyl (C=O) groups excluding carboxylic acids is 1. The van der Waals surface area contributed by atoms with Crippen LogP contribution in [0.4, 0.5) is 21.7 Å². The molecule has 1 aromatic heterocycles. The Labute approximate surface area is 157 Å². The van der Waals surface area contributed by atoms with Gasteiger partial charge >= 0.3 is 0 Å². The summed E-state index contributed by atoms with van der Waals surface area (Å²) in [4.78, 5) is 21.0. The van der Waals surface area contributed by atoms with Crippen LogP contribution in [0.15, 0.2) is 60.8 Å². The molecule has 2 aromatic carbocycles. The first-order chi connectivity index (χ1) is 12.8. The van der Waals surface area contributed by atoms with Gasteiger partial charge in [0.05, 0.1) is 0 Å². The molecule has 0 unspecified atom stereocenters. The molecule has 2 N–H and O–H groups in total. The summed E-state index contributed by atoms with van der Waals surface area (Å²) in [5, 5.41) is 5.88. The molecule has 6 heteroatoms. The predicted octanol–water partition coefficient (Wildman–Crippen LogP) is 4.91. The quantitative estimate of drug-likeness (QED) is 0.690. The summed E-state index contributed by atoms with van der Waals surface area (Å²) in [5.41, 5.74) is 2.55. The molecule has 1 heterocycles. The molecule has 27 heavy (non-hydrogen) atoms. The van der Waals surface area contributed by atoms with Crippen molar-refractivity contribution in [2.75, 3.05) is 10.6 Å². The van der Waals surface area contributed by atoms with Crippen molar-refractivity contribution < 1.29 is 9.18 Å². The summed E-state index contributed by atoms with van der Waals surface area (Å²) in [6.07, 6.45) is 1.50. The molecule has 0 saturated carbocycles. The predicted molar refractivity (Wildman–Crippen MR) is 105 cm³/mol. The van der Waals surface area contributed by atoms with E-state index in [-0.39, 0.29) is 28.8 Å². The number of hydrogen-bond acceptors (Lipinski definition) is 4. The van der Waals surface area contributed by atoms with Gasteiger partial charge < -0.3 is 10.6 Å². The zero-order chi connectivity index (χ0) is 19.4. The topological polar surface area (TPSA) is 66.9 Å². The molecular formula is C21H21FN4O. The Kier molecular flexibility index (Phi) is 5.16. The standard InChI is InChI=1S/C21H21FN4O/c1-21(2,3)16-6-4-5-7-17(16)25-19(27)18-12-13-23-20(26-18)24-15-10-8-14(22)9-11-15/h4-13H,1-3H3,(H,25,27)(H,23,24,26). The lowest BCUT2D eigenvalue weighted by Gasteiger charge is -2.22. The zero-order valence-electron chi connectivity index (χ0n) is 15.5. The summed E-state index contributed by atoms with van der Waals surface area (Å²) >= 11 is 0. The lowest BCUT2D eigenvalue weighted by molar-refractivity contribution is 0.102. The normalized spacial score (nSPS) is 11.1. The van der Waals surface area contributed by atoms with Crippen LogP contribution >= 0.6 is 0 Å². The van der Waals surface area contributed by atoms with Crippen molar-refractivity contribution in [3.05, 3.63) is 77.9 Å². The highest BCUT2D eigenvalue weighted by atomic mass is 19.1. The SMILES string of the molecule is CC(C)(C)c1ccccc1NC(=O)c1ccnc(Nc2ccc(F)cc2)n1. The van der Waals surface area contributed by atoms with E-state index in [0.29, 0.717) is 5.69 Å². The molecule has 3 aromatic rings. The highest BCUT2D eigenvalue weighted by Gasteiger charge is 2.19. The van der Waals surface area contributed by atoms with E-state index < -0.39 is 0 Å². The van der Waals surface area contributed by atoms with Crippen LogP contribution in [0.3, 0.4) is 0 Å². The van der Waals surface area contributed by atoms with E-state index in [2.05, 4.69) is 41.4 Å².